The summed E-state index contributed by atoms with van der Waals surface area (Å²) in [6.45, 7) is 1.52. The predicted molar refractivity (Wildman–Crippen MR) is 96.0 cm³/mol. The number of aryl methyl sites for hydroxylation is 1. The maximum absolute atomic E-state index is 12.2. The van der Waals surface area contributed by atoms with Crippen LogP contribution in [-0.2, 0) is 4.74 Å². The summed E-state index contributed by atoms with van der Waals surface area (Å²) < 4.78 is 6.85. The van der Waals surface area contributed by atoms with Gasteiger partial charge in [0.1, 0.15) is 12.3 Å². The van der Waals surface area contributed by atoms with Crippen LogP contribution in [0.3, 0.4) is 0 Å². The Morgan fingerprint density at radius 3 is 2.71 bits per heavy atom. The Hall–Kier alpha value is -3.31. The summed E-state index contributed by atoms with van der Waals surface area (Å²) in [6, 6.07) is 5.09. The van der Waals surface area contributed by atoms with Gasteiger partial charge >= 0.3 is 5.69 Å². The van der Waals surface area contributed by atoms with Gasteiger partial charge in [-0.25, -0.2) is 4.79 Å². The number of H-pyrrole nitrogens is 1. The number of hydrogen-bond donors (Lipinski definition) is 3. The lowest BCUT2D eigenvalue weighted by Crippen LogP contribution is -2.37. The Labute approximate surface area is 157 Å². The van der Waals surface area contributed by atoms with Gasteiger partial charge in [-0.05, 0) is 19.1 Å². The molecule has 3 atom stereocenters. The molecule has 0 unspecified atom stereocenters. The molecule has 148 valence electrons. The number of aliphatic hydroxyl groups is 1. The maximum Gasteiger partial charge on any atom is 0.330 e. The molecule has 1 aromatic carbocycles. The van der Waals surface area contributed by atoms with Crippen molar-refractivity contribution in [2.45, 2.75) is 31.8 Å². The summed E-state index contributed by atoms with van der Waals surface area (Å²) >= 11 is 0. The molecule has 2 heterocycles. The molecule has 1 aromatic heterocycles. The molecule has 1 saturated heterocycles. The fourth-order valence-electron chi connectivity index (χ4n) is 2.90. The molecule has 0 radical (unpaired) electrons. The van der Waals surface area contributed by atoms with Gasteiger partial charge in [0.2, 0.25) is 0 Å². The molecule has 11 nitrogen and oxygen atoms in total. The lowest BCUT2D eigenvalue weighted by atomic mass is 10.1. The minimum absolute atomic E-state index is 0.0232. The average molecular weight is 390 g/mol. The van der Waals surface area contributed by atoms with Gasteiger partial charge in [0.25, 0.3) is 17.2 Å². The number of amides is 1. The quantitative estimate of drug-likeness (QED) is 0.472. The van der Waals surface area contributed by atoms with Gasteiger partial charge in [-0.1, -0.05) is 0 Å². The molecule has 28 heavy (non-hydrogen) atoms. The third-order valence-electron chi connectivity index (χ3n) is 4.46. The molecule has 2 aromatic rings. The monoisotopic (exact) mass is 390 g/mol. The van der Waals surface area contributed by atoms with Crippen molar-refractivity contribution >= 4 is 11.6 Å². The smallest absolute Gasteiger partial charge is 0.330 e. The summed E-state index contributed by atoms with van der Waals surface area (Å²) in [6.07, 6.45) is -0.994. The molecule has 1 amide bonds. The van der Waals surface area contributed by atoms with Crippen molar-refractivity contribution in [1.29, 1.82) is 0 Å². The first kappa shape index (κ1) is 19.5. The Morgan fingerprint density at radius 2 is 2.07 bits per heavy atom. The highest BCUT2D eigenvalue weighted by Crippen LogP contribution is 2.27. The number of aliphatic hydroxyl groups excluding tert-OH is 1. The Morgan fingerprint density at radius 1 is 1.39 bits per heavy atom. The third kappa shape index (κ3) is 4.00. The molecule has 3 rings (SSSR count). The van der Waals surface area contributed by atoms with Crippen LogP contribution in [0.4, 0.5) is 5.69 Å². The van der Waals surface area contributed by atoms with Gasteiger partial charge in [0, 0.05) is 42.4 Å². The fourth-order valence-corrected chi connectivity index (χ4v) is 2.90. The molecule has 0 saturated carbocycles. The lowest BCUT2D eigenvalue weighted by molar-refractivity contribution is -0.384. The average Bonchev–Trinajstić information content (AvgIpc) is 3.03. The summed E-state index contributed by atoms with van der Waals surface area (Å²) in [7, 11) is 0. The minimum atomic E-state index is -0.929. The second kappa shape index (κ2) is 7.74. The van der Waals surface area contributed by atoms with Crippen molar-refractivity contribution in [2.75, 3.05) is 6.54 Å². The third-order valence-corrected chi connectivity index (χ3v) is 4.46. The number of ether oxygens (including phenoxy) is 1. The van der Waals surface area contributed by atoms with Crippen LogP contribution < -0.4 is 16.6 Å². The lowest BCUT2D eigenvalue weighted by Gasteiger charge is -2.17. The van der Waals surface area contributed by atoms with Crippen LogP contribution in [0.2, 0.25) is 0 Å². The molecule has 0 aliphatic carbocycles. The zero-order chi connectivity index (χ0) is 20.4. The summed E-state index contributed by atoms with van der Waals surface area (Å²) in [5.74, 6) is -0.480. The number of rotatable bonds is 5. The van der Waals surface area contributed by atoms with Gasteiger partial charge < -0.3 is 15.2 Å². The molecular formula is C17H18N4O7. The van der Waals surface area contributed by atoms with E-state index in [1.807, 2.05) is 0 Å². The zero-order valence-electron chi connectivity index (χ0n) is 14.8. The zero-order valence-corrected chi connectivity index (χ0v) is 14.8. The minimum Gasteiger partial charge on any atom is -0.390 e. The SMILES string of the molecule is Cc1cn([C@H]2C[C@H](O)[C@@H](CNC(=O)c3ccc([N+](=O)[O-])cc3)O2)c(=O)[nH]c1=O. The molecule has 3 N–H and O–H groups in total. The largest absolute Gasteiger partial charge is 0.390 e. The van der Waals surface area contributed by atoms with Crippen molar-refractivity contribution < 1.29 is 19.6 Å². The first-order valence-electron chi connectivity index (χ1n) is 8.44. The topological polar surface area (TPSA) is 157 Å². The van der Waals surface area contributed by atoms with E-state index in [9.17, 15) is 29.6 Å². The number of hydrogen-bond acceptors (Lipinski definition) is 7. The summed E-state index contributed by atoms with van der Waals surface area (Å²) in [5.41, 5.74) is -0.722. The maximum atomic E-state index is 12.2. The van der Waals surface area contributed by atoms with Crippen molar-refractivity contribution in [2.24, 2.45) is 0 Å². The predicted octanol–water partition coefficient (Wildman–Crippen LogP) is -0.168. The number of carbonyl (C=O) groups excluding carboxylic acids is 1. The van der Waals surface area contributed by atoms with E-state index in [0.29, 0.717) is 5.56 Å². The number of aromatic nitrogens is 2. The van der Waals surface area contributed by atoms with E-state index < -0.39 is 40.5 Å². The van der Waals surface area contributed by atoms with Crippen LogP contribution in [-0.4, -0.2) is 44.2 Å². The van der Waals surface area contributed by atoms with E-state index >= 15 is 0 Å². The number of nitro groups is 1. The van der Waals surface area contributed by atoms with E-state index in [1.165, 1.54) is 35.0 Å². The van der Waals surface area contributed by atoms with Crippen LogP contribution in [0.25, 0.3) is 0 Å². The first-order chi connectivity index (χ1) is 13.3. The highest BCUT2D eigenvalue weighted by molar-refractivity contribution is 5.94. The van der Waals surface area contributed by atoms with Gasteiger partial charge in [-0.2, -0.15) is 0 Å². The molecule has 1 fully saturated rings. The molecule has 11 heteroatoms. The molecule has 1 aliphatic rings. The van der Waals surface area contributed by atoms with E-state index in [-0.39, 0.29) is 24.2 Å². The Kier molecular flexibility index (Phi) is 5.38. The van der Waals surface area contributed by atoms with Crippen LogP contribution in [0, 0.1) is 17.0 Å². The molecule has 0 spiro atoms. The van der Waals surface area contributed by atoms with Crippen molar-refractivity contribution in [1.82, 2.24) is 14.9 Å². The number of nitrogens with one attached hydrogen (secondary N) is 2. The number of carbonyl (C=O) groups is 1. The first-order valence-corrected chi connectivity index (χ1v) is 8.44. The van der Waals surface area contributed by atoms with Crippen molar-refractivity contribution in [3.05, 3.63) is 72.5 Å². The van der Waals surface area contributed by atoms with Crippen LogP contribution in [0.5, 0.6) is 0 Å². The van der Waals surface area contributed by atoms with Gasteiger partial charge in [0.05, 0.1) is 11.0 Å². The van der Waals surface area contributed by atoms with E-state index in [4.69, 9.17) is 4.74 Å². The number of nitrogens with zero attached hydrogens (tertiary/aromatic N) is 2. The van der Waals surface area contributed by atoms with Crippen LogP contribution in [0.15, 0.2) is 40.1 Å². The molecular weight excluding hydrogens is 372 g/mol. The molecule has 0 bridgehead atoms. The number of benzene rings is 1. The van der Waals surface area contributed by atoms with Crippen LogP contribution >= 0.6 is 0 Å². The number of non-ortho nitro benzene ring substituents is 1. The number of aromatic amines is 1. The van der Waals surface area contributed by atoms with Crippen molar-refractivity contribution in [3.8, 4) is 0 Å². The highest BCUT2D eigenvalue weighted by Gasteiger charge is 2.35. The second-order valence-electron chi connectivity index (χ2n) is 6.42. The number of nitro benzene ring substituents is 1. The summed E-state index contributed by atoms with van der Waals surface area (Å²) in [4.78, 5) is 47.8. The Bertz CT molecular complexity index is 1010. The molecule has 1 aliphatic heterocycles. The van der Waals surface area contributed by atoms with Crippen molar-refractivity contribution in [3.63, 3.8) is 0 Å². The Balaban J connectivity index is 1.63. The normalized spacial score (nSPS) is 21.4. The van der Waals surface area contributed by atoms with E-state index in [2.05, 4.69) is 10.3 Å². The van der Waals surface area contributed by atoms with Gasteiger partial charge in [-0.15, -0.1) is 0 Å². The highest BCUT2D eigenvalue weighted by atomic mass is 16.6. The van der Waals surface area contributed by atoms with Gasteiger partial charge in [-0.3, -0.25) is 29.3 Å². The fraction of sp³-hybridized carbons (Fsp3) is 0.353. The van der Waals surface area contributed by atoms with E-state index in [0.717, 1.165) is 0 Å². The standard InChI is InChI=1S/C17H18N4O7/c1-9-8-20(17(25)19-15(9)23)14-6-12(22)13(28-14)7-18-16(24)10-2-4-11(5-3-10)21(26)27/h2-5,8,12-14,22H,6-7H2,1H3,(H,18,24)(H,19,23,25)/t12-,13+,14+/m0/s1. The summed E-state index contributed by atoms with van der Waals surface area (Å²) in [5, 5.41) is 23.4. The van der Waals surface area contributed by atoms with E-state index in [1.54, 1.807) is 6.92 Å². The van der Waals surface area contributed by atoms with Crippen LogP contribution in [0.1, 0.15) is 28.6 Å². The second-order valence-corrected chi connectivity index (χ2v) is 6.42. The van der Waals surface area contributed by atoms with Gasteiger partial charge in [0.15, 0.2) is 0 Å².